The lowest BCUT2D eigenvalue weighted by atomic mass is 9.93. The Morgan fingerprint density at radius 1 is 1.14 bits per heavy atom. The quantitative estimate of drug-likeness (QED) is 0.409. The summed E-state index contributed by atoms with van der Waals surface area (Å²) in [7, 11) is 0. The number of halogens is 4. The van der Waals surface area contributed by atoms with Crippen molar-refractivity contribution in [3.63, 3.8) is 0 Å². The van der Waals surface area contributed by atoms with Crippen LogP contribution in [0.15, 0.2) is 45.9 Å². The fraction of sp³-hybridized carbons (Fsp3) is 0.208. The minimum absolute atomic E-state index is 0.0136. The number of anilines is 1. The number of hydrogen-bond acceptors (Lipinski definition) is 5. The summed E-state index contributed by atoms with van der Waals surface area (Å²) >= 11 is 11.9. The largest absolute Gasteiger partial charge is 0.482 e. The number of amides is 2. The molecule has 0 saturated carbocycles. The molecule has 1 heterocycles. The molecule has 4 rings (SSSR count). The van der Waals surface area contributed by atoms with Crippen molar-refractivity contribution in [2.24, 2.45) is 5.10 Å². The number of hydrazone groups is 1. The topological polar surface area (TPSA) is 92.9 Å². The van der Waals surface area contributed by atoms with E-state index >= 15 is 0 Å². The van der Waals surface area contributed by atoms with Crippen molar-refractivity contribution in [2.45, 2.75) is 26.2 Å². The van der Waals surface area contributed by atoms with Crippen molar-refractivity contribution in [3.05, 3.63) is 80.7 Å². The molecule has 7 nitrogen and oxygen atoms in total. The lowest BCUT2D eigenvalue weighted by molar-refractivity contribution is -0.123. The lowest BCUT2D eigenvalue weighted by Gasteiger charge is -2.13. The molecule has 1 aromatic heterocycles. The van der Waals surface area contributed by atoms with Crippen LogP contribution in [0.2, 0.25) is 10.0 Å². The van der Waals surface area contributed by atoms with E-state index in [1.807, 2.05) is 0 Å². The number of hydrogen-bond donors (Lipinski definition) is 2. The maximum absolute atomic E-state index is 13.9. The third kappa shape index (κ3) is 5.63. The van der Waals surface area contributed by atoms with Gasteiger partial charge in [0.05, 0.1) is 16.4 Å². The minimum Gasteiger partial charge on any atom is -0.482 e. The molecule has 11 heteroatoms. The first kappa shape index (κ1) is 24.7. The van der Waals surface area contributed by atoms with Gasteiger partial charge in [-0.25, -0.2) is 14.2 Å². The Morgan fingerprint density at radius 3 is 2.69 bits per heavy atom. The number of aryl methyl sites for hydroxylation is 1. The van der Waals surface area contributed by atoms with Crippen LogP contribution >= 0.6 is 23.2 Å². The summed E-state index contributed by atoms with van der Waals surface area (Å²) in [5, 5.41) is 7.31. The molecule has 0 saturated heterocycles. The molecule has 1 aliphatic rings. The maximum Gasteiger partial charge on any atom is 0.291 e. The molecule has 0 radical (unpaired) electrons. The molecule has 1 aliphatic carbocycles. The van der Waals surface area contributed by atoms with Crippen molar-refractivity contribution >= 4 is 46.4 Å². The highest BCUT2D eigenvalue weighted by Gasteiger charge is 2.28. The van der Waals surface area contributed by atoms with Crippen molar-refractivity contribution in [1.82, 2.24) is 5.43 Å². The van der Waals surface area contributed by atoms with Crippen molar-refractivity contribution in [2.75, 3.05) is 11.9 Å². The summed E-state index contributed by atoms with van der Waals surface area (Å²) in [4.78, 5) is 25.0. The number of nitrogens with one attached hydrogen (secondary N) is 2. The van der Waals surface area contributed by atoms with Gasteiger partial charge in [-0.15, -0.1) is 0 Å². The molecule has 0 atom stereocenters. The van der Waals surface area contributed by atoms with E-state index in [0.717, 1.165) is 12.1 Å². The predicted molar refractivity (Wildman–Crippen MR) is 127 cm³/mol. The number of rotatable bonds is 6. The van der Waals surface area contributed by atoms with Crippen LogP contribution in [0.4, 0.5) is 14.5 Å². The van der Waals surface area contributed by atoms with Crippen LogP contribution < -0.4 is 15.5 Å². The fourth-order valence-electron chi connectivity index (χ4n) is 3.66. The van der Waals surface area contributed by atoms with Crippen molar-refractivity contribution in [1.29, 1.82) is 0 Å². The Bertz CT molecular complexity index is 1340. The number of fused-ring (bicyclic) bond motifs is 1. The molecule has 2 amide bonds. The van der Waals surface area contributed by atoms with Gasteiger partial charge in [-0.1, -0.05) is 23.2 Å². The molecule has 182 valence electrons. The molecular weight excluding hydrogens is 503 g/mol. The number of benzene rings is 2. The predicted octanol–water partition coefficient (Wildman–Crippen LogP) is 5.66. The van der Waals surface area contributed by atoms with Gasteiger partial charge in [0.15, 0.2) is 12.4 Å². The van der Waals surface area contributed by atoms with Crippen LogP contribution in [-0.2, 0) is 11.2 Å². The van der Waals surface area contributed by atoms with Crippen LogP contribution in [-0.4, -0.2) is 24.1 Å². The van der Waals surface area contributed by atoms with Gasteiger partial charge in [-0.05, 0) is 50.1 Å². The van der Waals surface area contributed by atoms with Crippen molar-refractivity contribution < 1.29 is 27.5 Å². The van der Waals surface area contributed by atoms with Gasteiger partial charge in [0, 0.05) is 28.6 Å². The summed E-state index contributed by atoms with van der Waals surface area (Å²) in [6.07, 6.45) is 1.81. The van der Waals surface area contributed by atoms with Gasteiger partial charge in [-0.2, -0.15) is 5.10 Å². The summed E-state index contributed by atoms with van der Waals surface area (Å²) in [5.41, 5.74) is 3.92. The number of nitrogens with zero attached hydrogens (tertiary/aromatic N) is 1. The average Bonchev–Trinajstić information content (AvgIpc) is 3.16. The summed E-state index contributed by atoms with van der Waals surface area (Å²) in [6, 6.07) is 7.48. The Balaban J connectivity index is 1.46. The van der Waals surface area contributed by atoms with E-state index in [1.165, 1.54) is 6.07 Å². The summed E-state index contributed by atoms with van der Waals surface area (Å²) < 4.78 is 38.2. The number of carbonyl (C=O) groups excluding carboxylic acids is 2. The van der Waals surface area contributed by atoms with Crippen LogP contribution in [0.1, 0.15) is 40.3 Å². The lowest BCUT2D eigenvalue weighted by Crippen LogP contribution is -2.27. The summed E-state index contributed by atoms with van der Waals surface area (Å²) in [6.45, 7) is 1.35. The van der Waals surface area contributed by atoms with Crippen LogP contribution in [0, 0.1) is 18.6 Å². The smallest absolute Gasteiger partial charge is 0.291 e. The van der Waals surface area contributed by atoms with E-state index < -0.39 is 23.4 Å². The van der Waals surface area contributed by atoms with Crippen LogP contribution in [0.5, 0.6) is 5.75 Å². The third-order valence-electron chi connectivity index (χ3n) is 5.28. The second-order valence-electron chi connectivity index (χ2n) is 7.74. The fourth-order valence-corrected chi connectivity index (χ4v) is 4.13. The SMILES string of the molecule is Cc1c(C(=O)Nc2ccc(F)cc2F)oc2c1/C(=N/NC(=O)COc1ccc(Cl)cc1Cl)CCC2. The van der Waals surface area contributed by atoms with Crippen LogP contribution in [0.25, 0.3) is 0 Å². The molecule has 3 aromatic rings. The Kier molecular flexibility index (Phi) is 7.37. The van der Waals surface area contributed by atoms with Gasteiger partial charge in [0.1, 0.15) is 23.1 Å². The van der Waals surface area contributed by atoms with E-state index in [0.29, 0.717) is 58.7 Å². The molecule has 35 heavy (non-hydrogen) atoms. The van der Waals surface area contributed by atoms with Gasteiger partial charge in [0.2, 0.25) is 0 Å². The molecule has 0 unspecified atom stereocenters. The van der Waals surface area contributed by atoms with E-state index in [1.54, 1.807) is 19.1 Å². The van der Waals surface area contributed by atoms with Gasteiger partial charge in [-0.3, -0.25) is 9.59 Å². The summed E-state index contributed by atoms with van der Waals surface area (Å²) in [5.74, 6) is -2.02. The highest BCUT2D eigenvalue weighted by Crippen LogP contribution is 2.31. The molecule has 2 aromatic carbocycles. The highest BCUT2D eigenvalue weighted by atomic mass is 35.5. The van der Waals surface area contributed by atoms with E-state index in [2.05, 4.69) is 15.8 Å². The normalized spacial score (nSPS) is 13.9. The zero-order valence-electron chi connectivity index (χ0n) is 18.4. The number of furan rings is 1. The highest BCUT2D eigenvalue weighted by molar-refractivity contribution is 6.35. The maximum atomic E-state index is 13.9. The molecule has 0 aliphatic heterocycles. The molecule has 0 spiro atoms. The minimum atomic E-state index is -0.903. The molecular formula is C24H19Cl2F2N3O4. The zero-order valence-corrected chi connectivity index (χ0v) is 19.9. The Hall–Kier alpha value is -3.43. The monoisotopic (exact) mass is 521 g/mol. The number of carbonyl (C=O) groups is 2. The second-order valence-corrected chi connectivity index (χ2v) is 8.59. The molecule has 2 N–H and O–H groups in total. The van der Waals surface area contributed by atoms with Gasteiger partial charge < -0.3 is 14.5 Å². The van der Waals surface area contributed by atoms with Gasteiger partial charge >= 0.3 is 0 Å². The standard InChI is InChI=1S/C24H19Cl2F2N3O4/c1-12-22-18(30-31-21(32)11-34-19-8-5-13(25)9-15(19)26)3-2-4-20(22)35-23(12)24(33)29-17-7-6-14(27)10-16(17)28/h5-10H,2-4,11H2,1H3,(H,29,33)(H,31,32)/b30-18+. The van der Waals surface area contributed by atoms with E-state index in [9.17, 15) is 18.4 Å². The number of ether oxygens (including phenoxy) is 1. The van der Waals surface area contributed by atoms with E-state index in [-0.39, 0.29) is 23.1 Å². The first-order valence-electron chi connectivity index (χ1n) is 10.5. The first-order valence-corrected chi connectivity index (χ1v) is 11.3. The Labute approximate surface area is 209 Å². The molecule has 0 fully saturated rings. The van der Waals surface area contributed by atoms with Gasteiger partial charge in [0.25, 0.3) is 11.8 Å². The van der Waals surface area contributed by atoms with Crippen molar-refractivity contribution in [3.8, 4) is 5.75 Å². The second kappa shape index (κ2) is 10.5. The molecule has 0 bridgehead atoms. The van der Waals surface area contributed by atoms with E-state index in [4.69, 9.17) is 32.4 Å². The zero-order chi connectivity index (χ0) is 25.1. The first-order chi connectivity index (χ1) is 16.7. The third-order valence-corrected chi connectivity index (χ3v) is 5.81. The van der Waals surface area contributed by atoms with Crippen LogP contribution in [0.3, 0.4) is 0 Å². The Morgan fingerprint density at radius 2 is 1.94 bits per heavy atom. The average molecular weight is 522 g/mol.